The van der Waals surface area contributed by atoms with Gasteiger partial charge in [-0.1, -0.05) is 18.2 Å². The molecule has 0 saturated carbocycles. The molecule has 2 atom stereocenters. The van der Waals surface area contributed by atoms with Crippen molar-refractivity contribution in [1.29, 1.82) is 0 Å². The van der Waals surface area contributed by atoms with E-state index < -0.39 is 0 Å². The quantitative estimate of drug-likeness (QED) is 0.305. The normalized spacial score (nSPS) is 13.0. The third-order valence-electron chi connectivity index (χ3n) is 6.73. The number of amides is 2. The Hall–Kier alpha value is -3.65. The minimum absolute atomic E-state index is 0.101. The van der Waals surface area contributed by atoms with Crippen molar-refractivity contribution in [3.63, 3.8) is 0 Å². The van der Waals surface area contributed by atoms with Crippen molar-refractivity contribution in [1.82, 2.24) is 5.32 Å². The molecule has 0 aliphatic carbocycles. The summed E-state index contributed by atoms with van der Waals surface area (Å²) in [6, 6.07) is 16.8. The van der Waals surface area contributed by atoms with Gasteiger partial charge in [-0.05, 0) is 67.4 Å². The molecule has 3 N–H and O–H groups in total. The summed E-state index contributed by atoms with van der Waals surface area (Å²) in [6.45, 7) is 2.98. The van der Waals surface area contributed by atoms with E-state index in [0.717, 1.165) is 28.8 Å². The molecule has 1 heterocycles. The molecule has 2 amide bonds. The fourth-order valence-corrected chi connectivity index (χ4v) is 4.74. The Morgan fingerprint density at radius 3 is 2.46 bits per heavy atom. The summed E-state index contributed by atoms with van der Waals surface area (Å²) in [6.07, 6.45) is 0.826. The molecule has 10 heteroatoms. The number of carbonyl (C=O) groups is 2. The van der Waals surface area contributed by atoms with Crippen LogP contribution < -0.4 is 30.3 Å². The Morgan fingerprint density at radius 2 is 1.77 bits per heavy atom. The number of hydrogen-bond acceptors (Lipinski definition) is 7. The van der Waals surface area contributed by atoms with Gasteiger partial charge in [0.25, 0.3) is 5.91 Å². The number of nitrogens with zero attached hydrogens (tertiary/aromatic N) is 1. The lowest BCUT2D eigenvalue weighted by molar-refractivity contribution is -0.117. The van der Waals surface area contributed by atoms with Crippen molar-refractivity contribution < 1.29 is 23.6 Å². The molecule has 0 bridgehead atoms. The van der Waals surface area contributed by atoms with Gasteiger partial charge < -0.3 is 34.8 Å². The fraction of sp³-hybridized carbons (Fsp3) is 0.310. The van der Waals surface area contributed by atoms with Crippen LogP contribution in [0.1, 0.15) is 34.0 Å². The SMILES string of the molecule is CNc1cc(OCc2cc(COP)cc(NC(=O)[C@H](C)NC)c2)c(OC)cc1C(=O)N1CCc2ccccc21. The van der Waals surface area contributed by atoms with Gasteiger partial charge in [0.15, 0.2) is 11.5 Å². The molecule has 0 fully saturated rings. The number of ether oxygens (including phenoxy) is 2. The van der Waals surface area contributed by atoms with Crippen LogP contribution in [0.4, 0.5) is 17.1 Å². The van der Waals surface area contributed by atoms with Crippen molar-refractivity contribution in [2.24, 2.45) is 0 Å². The van der Waals surface area contributed by atoms with Gasteiger partial charge in [-0.25, -0.2) is 0 Å². The Morgan fingerprint density at radius 1 is 1.03 bits per heavy atom. The van der Waals surface area contributed by atoms with Gasteiger partial charge in [-0.2, -0.15) is 0 Å². The highest BCUT2D eigenvalue weighted by atomic mass is 31.0. The maximum Gasteiger partial charge on any atom is 0.260 e. The number of nitrogens with one attached hydrogen (secondary N) is 3. The van der Waals surface area contributed by atoms with E-state index >= 15 is 0 Å². The molecule has 4 rings (SSSR count). The van der Waals surface area contributed by atoms with E-state index in [1.165, 1.54) is 0 Å². The largest absolute Gasteiger partial charge is 0.493 e. The zero-order chi connectivity index (χ0) is 27.9. The molecule has 0 spiro atoms. The van der Waals surface area contributed by atoms with Crippen LogP contribution in [0.3, 0.4) is 0 Å². The van der Waals surface area contributed by atoms with E-state index in [1.807, 2.05) is 36.4 Å². The van der Waals surface area contributed by atoms with Crippen LogP contribution >= 0.6 is 9.47 Å². The van der Waals surface area contributed by atoms with Crippen LogP contribution in [0.25, 0.3) is 0 Å². The van der Waals surface area contributed by atoms with E-state index in [9.17, 15) is 9.59 Å². The number of para-hydroxylation sites is 1. The van der Waals surface area contributed by atoms with Crippen LogP contribution in [-0.2, 0) is 29.0 Å². The highest BCUT2D eigenvalue weighted by Gasteiger charge is 2.28. The number of methoxy groups -OCH3 is 1. The van der Waals surface area contributed by atoms with Crippen LogP contribution in [0, 0.1) is 0 Å². The van der Waals surface area contributed by atoms with Gasteiger partial charge >= 0.3 is 0 Å². The minimum Gasteiger partial charge on any atom is -0.493 e. The summed E-state index contributed by atoms with van der Waals surface area (Å²) >= 11 is 0. The van der Waals surface area contributed by atoms with Gasteiger partial charge in [0, 0.05) is 40.5 Å². The molecule has 0 saturated heterocycles. The second kappa shape index (κ2) is 12.9. The summed E-state index contributed by atoms with van der Waals surface area (Å²) in [5, 5.41) is 8.99. The zero-order valence-electron chi connectivity index (χ0n) is 22.7. The van der Waals surface area contributed by atoms with Crippen molar-refractivity contribution >= 4 is 38.3 Å². The lowest BCUT2D eigenvalue weighted by Crippen LogP contribution is -2.35. The van der Waals surface area contributed by atoms with Gasteiger partial charge in [-0.15, -0.1) is 0 Å². The first kappa shape index (κ1) is 28.4. The molecule has 3 aromatic carbocycles. The molecule has 0 radical (unpaired) electrons. The van der Waals surface area contributed by atoms with Gasteiger partial charge in [0.1, 0.15) is 6.61 Å². The fourth-order valence-electron chi connectivity index (χ4n) is 4.55. The zero-order valence-corrected chi connectivity index (χ0v) is 23.8. The Bertz CT molecular complexity index is 1350. The summed E-state index contributed by atoms with van der Waals surface area (Å²) in [4.78, 5) is 27.8. The minimum atomic E-state index is -0.342. The summed E-state index contributed by atoms with van der Waals surface area (Å²) in [5.74, 6) is 0.693. The van der Waals surface area contributed by atoms with Crippen molar-refractivity contribution in [2.75, 3.05) is 43.3 Å². The van der Waals surface area contributed by atoms with Gasteiger partial charge in [0.2, 0.25) is 5.91 Å². The maximum atomic E-state index is 13.6. The van der Waals surface area contributed by atoms with Gasteiger partial charge in [-0.3, -0.25) is 9.59 Å². The molecular formula is C29H35N4O5P. The standard InChI is InChI=1S/C29H35N4O5P/c1-18(30-2)28(34)32-22-12-19(11-20(13-22)17-38-39)16-37-27-15-24(31-3)23(14-26(27)36-4)29(35)33-10-9-21-7-5-6-8-25(21)33/h5-8,11-15,18,30-31H,9-10,16-17,39H2,1-4H3,(H,32,34)/t18-/m0/s1. The predicted octanol–water partition coefficient (Wildman–Crippen LogP) is 4.37. The molecule has 39 heavy (non-hydrogen) atoms. The third-order valence-corrected chi connectivity index (χ3v) is 6.89. The van der Waals surface area contributed by atoms with Crippen molar-refractivity contribution in [3.8, 4) is 11.5 Å². The first-order valence-electron chi connectivity index (χ1n) is 12.7. The lowest BCUT2D eigenvalue weighted by Gasteiger charge is -2.21. The van der Waals surface area contributed by atoms with E-state index in [4.69, 9.17) is 14.0 Å². The number of carbonyl (C=O) groups excluding carboxylic acids is 2. The van der Waals surface area contributed by atoms with Crippen LogP contribution in [0.15, 0.2) is 54.6 Å². The number of likely N-dealkylation sites (N-methyl/N-ethyl adjacent to an activating group) is 1. The number of anilines is 3. The molecule has 1 aliphatic heterocycles. The first-order chi connectivity index (χ1) is 18.9. The second-order valence-electron chi connectivity index (χ2n) is 9.27. The average Bonchev–Trinajstić information content (AvgIpc) is 3.39. The lowest BCUT2D eigenvalue weighted by atomic mass is 10.1. The molecule has 9 nitrogen and oxygen atoms in total. The van der Waals surface area contributed by atoms with E-state index in [1.54, 1.807) is 45.2 Å². The Labute approximate surface area is 231 Å². The maximum absolute atomic E-state index is 13.6. The number of fused-ring (bicyclic) bond motifs is 1. The summed E-state index contributed by atoms with van der Waals surface area (Å²) in [5.41, 5.74) is 5.60. The van der Waals surface area contributed by atoms with Gasteiger partial charge in [0.05, 0.1) is 31.0 Å². The molecule has 0 aromatic heterocycles. The van der Waals surface area contributed by atoms with Crippen LogP contribution in [-0.4, -0.2) is 45.6 Å². The highest BCUT2D eigenvalue weighted by Crippen LogP contribution is 2.37. The highest BCUT2D eigenvalue weighted by molar-refractivity contribution is 7.09. The van der Waals surface area contributed by atoms with Crippen LogP contribution in [0.2, 0.25) is 0 Å². The number of rotatable bonds is 11. The first-order valence-corrected chi connectivity index (χ1v) is 13.2. The van der Waals surface area contributed by atoms with Crippen LogP contribution in [0.5, 0.6) is 11.5 Å². The Balaban J connectivity index is 1.57. The van der Waals surface area contributed by atoms with E-state index in [-0.39, 0.29) is 24.5 Å². The average molecular weight is 551 g/mol. The second-order valence-corrected chi connectivity index (χ2v) is 9.60. The van der Waals surface area contributed by atoms with E-state index in [0.29, 0.717) is 41.6 Å². The molecule has 1 aliphatic rings. The summed E-state index contributed by atoms with van der Waals surface area (Å²) in [7, 11) is 7.29. The predicted molar refractivity (Wildman–Crippen MR) is 157 cm³/mol. The summed E-state index contributed by atoms with van der Waals surface area (Å²) < 4.78 is 17.0. The smallest absolute Gasteiger partial charge is 0.260 e. The topological polar surface area (TPSA) is 101 Å². The van der Waals surface area contributed by atoms with Crippen molar-refractivity contribution in [3.05, 3.63) is 76.9 Å². The monoisotopic (exact) mass is 550 g/mol. The number of hydrogen-bond donors (Lipinski definition) is 3. The molecule has 206 valence electrons. The molecular weight excluding hydrogens is 515 g/mol. The Kier molecular flexibility index (Phi) is 9.41. The third kappa shape index (κ3) is 6.50. The number of benzene rings is 3. The molecule has 3 aromatic rings. The van der Waals surface area contributed by atoms with E-state index in [2.05, 4.69) is 31.5 Å². The molecule has 1 unspecified atom stereocenters. The van der Waals surface area contributed by atoms with Crippen molar-refractivity contribution in [2.45, 2.75) is 32.6 Å².